The summed E-state index contributed by atoms with van der Waals surface area (Å²) in [5.41, 5.74) is 1.66. The van der Waals surface area contributed by atoms with Gasteiger partial charge in [0.2, 0.25) is 15.9 Å². The van der Waals surface area contributed by atoms with E-state index in [-0.39, 0.29) is 31.0 Å². The maximum Gasteiger partial charge on any atom is 0.248 e. The molecule has 3 aliphatic heterocycles. The molecule has 45 heavy (non-hydrogen) atoms. The molecule has 11 heteroatoms. The van der Waals surface area contributed by atoms with E-state index in [1.807, 2.05) is 0 Å². The van der Waals surface area contributed by atoms with Gasteiger partial charge < -0.3 is 24.0 Å². The number of methoxy groups -OCH3 is 1. The summed E-state index contributed by atoms with van der Waals surface area (Å²) in [5, 5.41) is 0. The van der Waals surface area contributed by atoms with Crippen LogP contribution in [-0.4, -0.2) is 101 Å². The van der Waals surface area contributed by atoms with Crippen LogP contribution in [0.1, 0.15) is 61.6 Å². The molecule has 0 aliphatic carbocycles. The second kappa shape index (κ2) is 14.9. The van der Waals surface area contributed by atoms with Gasteiger partial charge in [-0.3, -0.25) is 4.79 Å². The fourth-order valence-electron chi connectivity index (χ4n) is 7.15. The van der Waals surface area contributed by atoms with Crippen molar-refractivity contribution < 1.29 is 31.8 Å². The van der Waals surface area contributed by atoms with E-state index in [1.54, 1.807) is 54.4 Å². The van der Waals surface area contributed by atoms with Gasteiger partial charge in [-0.1, -0.05) is 18.6 Å². The van der Waals surface area contributed by atoms with Crippen LogP contribution < -0.4 is 4.74 Å². The van der Waals surface area contributed by atoms with Crippen LogP contribution in [0.4, 0.5) is 4.39 Å². The number of sulfonamides is 1. The van der Waals surface area contributed by atoms with Crippen LogP contribution in [0.5, 0.6) is 5.75 Å². The molecule has 1 atom stereocenters. The lowest BCUT2D eigenvalue weighted by molar-refractivity contribution is -0.144. The van der Waals surface area contributed by atoms with Gasteiger partial charge in [0.15, 0.2) is 0 Å². The van der Waals surface area contributed by atoms with Crippen molar-refractivity contribution in [3.63, 3.8) is 0 Å². The summed E-state index contributed by atoms with van der Waals surface area (Å²) in [5.74, 6) is 0.225. The number of aryl methyl sites for hydroxylation is 2. The number of carbonyl (C=O) groups excluding carboxylic acids is 1. The summed E-state index contributed by atoms with van der Waals surface area (Å²) in [6, 6.07) is 9.69. The average Bonchev–Trinajstić information content (AvgIpc) is 3.55. The van der Waals surface area contributed by atoms with E-state index < -0.39 is 15.6 Å². The SMILES string of the molecule is COc1cc(C)c(S(=O)(=O)N2CCCCC2COCC(=O)N2CCC(OCCN3CCCC3)(c3ccc(F)cc3)CC2)c(C)c1. The third-order valence-electron chi connectivity index (χ3n) is 9.62. The topological polar surface area (TPSA) is 88.6 Å². The lowest BCUT2D eigenvalue weighted by Gasteiger charge is -2.42. The summed E-state index contributed by atoms with van der Waals surface area (Å²) in [6.07, 6.45) is 6.04. The average molecular weight is 646 g/mol. The fraction of sp³-hybridized carbons (Fsp3) is 0.618. The van der Waals surface area contributed by atoms with Gasteiger partial charge >= 0.3 is 0 Å². The lowest BCUT2D eigenvalue weighted by atomic mass is 9.84. The number of hydrogen-bond donors (Lipinski definition) is 0. The first kappa shape index (κ1) is 33.8. The quantitative estimate of drug-likeness (QED) is 0.332. The summed E-state index contributed by atoms with van der Waals surface area (Å²) in [7, 11) is -2.19. The largest absolute Gasteiger partial charge is 0.497 e. The Bertz CT molecular complexity index is 1380. The van der Waals surface area contributed by atoms with E-state index >= 15 is 0 Å². The third kappa shape index (κ3) is 7.88. The molecular weight excluding hydrogens is 597 g/mol. The van der Waals surface area contributed by atoms with E-state index in [0.29, 0.717) is 67.3 Å². The number of benzene rings is 2. The molecule has 0 aromatic heterocycles. The zero-order valence-corrected chi connectivity index (χ0v) is 27.7. The number of carbonyl (C=O) groups is 1. The summed E-state index contributed by atoms with van der Waals surface area (Å²) in [4.78, 5) is 17.7. The second-order valence-electron chi connectivity index (χ2n) is 12.6. The highest BCUT2D eigenvalue weighted by Crippen LogP contribution is 2.37. The van der Waals surface area contributed by atoms with Gasteiger partial charge in [0.1, 0.15) is 18.2 Å². The van der Waals surface area contributed by atoms with Crippen LogP contribution in [-0.2, 0) is 29.9 Å². The Labute approximate surface area is 267 Å². The molecular formula is C34H48FN3O6S. The zero-order valence-electron chi connectivity index (χ0n) is 26.9. The zero-order chi connectivity index (χ0) is 32.0. The Balaban J connectivity index is 1.17. The van der Waals surface area contributed by atoms with Gasteiger partial charge in [-0.25, -0.2) is 12.8 Å². The minimum atomic E-state index is -3.76. The van der Waals surface area contributed by atoms with Gasteiger partial charge in [0.25, 0.3) is 0 Å². The smallest absolute Gasteiger partial charge is 0.248 e. The number of amides is 1. The van der Waals surface area contributed by atoms with E-state index in [1.165, 1.54) is 25.0 Å². The number of likely N-dealkylation sites (tertiary alicyclic amines) is 2. The highest BCUT2D eigenvalue weighted by Gasteiger charge is 2.39. The van der Waals surface area contributed by atoms with E-state index in [4.69, 9.17) is 14.2 Å². The molecule has 5 rings (SSSR count). The highest BCUT2D eigenvalue weighted by atomic mass is 32.2. The Morgan fingerprint density at radius 2 is 1.60 bits per heavy atom. The Morgan fingerprint density at radius 3 is 2.24 bits per heavy atom. The molecule has 0 spiro atoms. The third-order valence-corrected chi connectivity index (χ3v) is 11.9. The molecule has 0 radical (unpaired) electrons. The molecule has 9 nitrogen and oxygen atoms in total. The predicted molar refractivity (Wildman–Crippen MR) is 170 cm³/mol. The normalized spacial score (nSPS) is 21.2. The first-order valence-corrected chi connectivity index (χ1v) is 17.7. The molecule has 1 unspecified atom stereocenters. The van der Waals surface area contributed by atoms with Gasteiger partial charge in [0, 0.05) is 32.2 Å². The molecule has 3 fully saturated rings. The number of rotatable bonds is 12. The van der Waals surface area contributed by atoms with Crippen LogP contribution in [0.3, 0.4) is 0 Å². The Morgan fingerprint density at radius 1 is 0.956 bits per heavy atom. The van der Waals surface area contributed by atoms with Crippen molar-refractivity contribution in [2.75, 3.05) is 66.2 Å². The van der Waals surface area contributed by atoms with Gasteiger partial charge in [0.05, 0.1) is 30.8 Å². The maximum atomic E-state index is 13.8. The lowest BCUT2D eigenvalue weighted by Crippen LogP contribution is -2.49. The van der Waals surface area contributed by atoms with Crippen LogP contribution in [0.25, 0.3) is 0 Å². The number of piperidine rings is 2. The van der Waals surface area contributed by atoms with Crippen LogP contribution >= 0.6 is 0 Å². The standard InChI is InChI=1S/C34H48FN3O6S/c1-26-22-31(42-3)23-27(2)33(26)45(40,41)38-17-5-4-8-30(38)24-43-25-32(39)37-18-13-34(14-19-37,28-9-11-29(35)12-10-28)44-21-20-36-15-6-7-16-36/h9-12,22-23,30H,4-8,13-21,24-25H2,1-3H3. The van der Waals surface area contributed by atoms with Crippen molar-refractivity contribution in [3.05, 3.63) is 58.9 Å². The minimum Gasteiger partial charge on any atom is -0.497 e. The number of hydrogen-bond acceptors (Lipinski definition) is 7. The van der Waals surface area contributed by atoms with Crippen LogP contribution in [0.2, 0.25) is 0 Å². The first-order valence-electron chi connectivity index (χ1n) is 16.3. The molecule has 2 aromatic carbocycles. The number of halogens is 1. The minimum absolute atomic E-state index is 0.107. The van der Waals surface area contributed by atoms with E-state index in [2.05, 4.69) is 4.90 Å². The van der Waals surface area contributed by atoms with Gasteiger partial charge in [-0.2, -0.15) is 4.31 Å². The van der Waals surface area contributed by atoms with Gasteiger partial charge in [-0.05, 0) is 106 Å². The fourth-order valence-corrected chi connectivity index (χ4v) is 9.24. The van der Waals surface area contributed by atoms with Gasteiger partial charge in [-0.15, -0.1) is 0 Å². The van der Waals surface area contributed by atoms with E-state index in [0.717, 1.165) is 38.0 Å². The molecule has 2 aromatic rings. The molecule has 1 amide bonds. The molecule has 248 valence electrons. The summed E-state index contributed by atoms with van der Waals surface area (Å²) < 4.78 is 60.8. The van der Waals surface area contributed by atoms with Crippen molar-refractivity contribution in [3.8, 4) is 5.75 Å². The van der Waals surface area contributed by atoms with Crippen molar-refractivity contribution in [1.29, 1.82) is 0 Å². The molecule has 3 saturated heterocycles. The van der Waals surface area contributed by atoms with Crippen molar-refractivity contribution in [2.45, 2.75) is 75.3 Å². The van der Waals surface area contributed by atoms with Crippen molar-refractivity contribution >= 4 is 15.9 Å². The molecule has 0 bridgehead atoms. The van der Waals surface area contributed by atoms with Crippen LogP contribution in [0, 0.1) is 19.7 Å². The number of ether oxygens (including phenoxy) is 3. The molecule has 0 N–H and O–H groups in total. The van der Waals surface area contributed by atoms with Crippen LogP contribution in [0.15, 0.2) is 41.3 Å². The van der Waals surface area contributed by atoms with Crippen molar-refractivity contribution in [2.24, 2.45) is 0 Å². The predicted octanol–water partition coefficient (Wildman–Crippen LogP) is 4.64. The Hall–Kier alpha value is -2.57. The summed E-state index contributed by atoms with van der Waals surface area (Å²) in [6.45, 7) is 8.71. The number of nitrogens with zero attached hydrogens (tertiary/aromatic N) is 3. The second-order valence-corrected chi connectivity index (χ2v) is 14.5. The first-order chi connectivity index (χ1) is 21.6. The van der Waals surface area contributed by atoms with E-state index in [9.17, 15) is 17.6 Å². The Kier molecular flexibility index (Phi) is 11.2. The molecule has 0 saturated carbocycles. The maximum absolute atomic E-state index is 13.8. The highest BCUT2D eigenvalue weighted by molar-refractivity contribution is 7.89. The molecule has 3 heterocycles. The monoisotopic (exact) mass is 645 g/mol. The summed E-state index contributed by atoms with van der Waals surface area (Å²) >= 11 is 0. The molecule has 3 aliphatic rings. The van der Waals surface area contributed by atoms with Crippen molar-refractivity contribution in [1.82, 2.24) is 14.1 Å².